The first-order valence-corrected chi connectivity index (χ1v) is 9.47. The first-order chi connectivity index (χ1) is 11.8. The highest BCUT2D eigenvalue weighted by Crippen LogP contribution is 2.41. The Labute approximate surface area is 146 Å². The van der Waals surface area contributed by atoms with Crippen molar-refractivity contribution in [2.24, 2.45) is 5.41 Å². The highest BCUT2D eigenvalue weighted by atomic mass is 32.1. The van der Waals surface area contributed by atoms with E-state index in [0.29, 0.717) is 12.7 Å². The van der Waals surface area contributed by atoms with Crippen LogP contribution in [0.5, 0.6) is 5.75 Å². The van der Waals surface area contributed by atoms with Gasteiger partial charge in [0.25, 0.3) is 0 Å². The van der Waals surface area contributed by atoms with Gasteiger partial charge >= 0.3 is 0 Å². The molecule has 0 aliphatic carbocycles. The van der Waals surface area contributed by atoms with Crippen LogP contribution < -0.4 is 4.74 Å². The van der Waals surface area contributed by atoms with Crippen LogP contribution in [0.4, 0.5) is 0 Å². The monoisotopic (exact) mass is 345 g/mol. The van der Waals surface area contributed by atoms with Gasteiger partial charge in [-0.25, -0.2) is 4.98 Å². The van der Waals surface area contributed by atoms with Crippen LogP contribution in [0.25, 0.3) is 0 Å². The molecule has 24 heavy (non-hydrogen) atoms. The maximum atomic E-state index is 6.12. The Morgan fingerprint density at radius 2 is 2.42 bits per heavy atom. The van der Waals surface area contributed by atoms with Crippen molar-refractivity contribution in [3.63, 3.8) is 0 Å². The van der Waals surface area contributed by atoms with Crippen LogP contribution in [0.3, 0.4) is 0 Å². The van der Waals surface area contributed by atoms with Gasteiger partial charge in [-0.2, -0.15) is 0 Å². The second-order valence-corrected chi connectivity index (χ2v) is 7.71. The van der Waals surface area contributed by atoms with Crippen molar-refractivity contribution in [3.8, 4) is 5.75 Å². The highest BCUT2D eigenvalue weighted by molar-refractivity contribution is 7.09. The normalized spacial score (nSPS) is 27.6. The summed E-state index contributed by atoms with van der Waals surface area (Å²) in [6, 6.07) is 3.88. The number of hydrogen-bond acceptors (Lipinski definition) is 6. The van der Waals surface area contributed by atoms with E-state index in [2.05, 4.69) is 14.9 Å². The molecule has 128 valence electrons. The van der Waals surface area contributed by atoms with Crippen molar-refractivity contribution in [2.75, 3.05) is 26.3 Å². The molecule has 0 bridgehead atoms. The summed E-state index contributed by atoms with van der Waals surface area (Å²) in [5.74, 6) is 0.841. The number of ether oxygens (including phenoxy) is 2. The van der Waals surface area contributed by atoms with Gasteiger partial charge in [-0.05, 0) is 31.4 Å². The predicted molar refractivity (Wildman–Crippen MR) is 93.1 cm³/mol. The third kappa shape index (κ3) is 3.45. The van der Waals surface area contributed by atoms with Crippen LogP contribution in [0.2, 0.25) is 0 Å². The summed E-state index contributed by atoms with van der Waals surface area (Å²) >= 11 is 1.73. The summed E-state index contributed by atoms with van der Waals surface area (Å²) < 4.78 is 12.2. The predicted octanol–water partition coefficient (Wildman–Crippen LogP) is 2.99. The molecule has 2 saturated heterocycles. The molecule has 2 fully saturated rings. The molecule has 0 saturated carbocycles. The van der Waals surface area contributed by atoms with E-state index in [-0.39, 0.29) is 5.41 Å². The summed E-state index contributed by atoms with van der Waals surface area (Å²) in [5.41, 5.74) is 0.0730. The number of piperidine rings is 1. The number of fused-ring (bicyclic) bond motifs is 1. The number of rotatable bonds is 5. The van der Waals surface area contributed by atoms with Gasteiger partial charge in [0.2, 0.25) is 0 Å². The van der Waals surface area contributed by atoms with Crippen LogP contribution in [0.1, 0.15) is 24.3 Å². The van der Waals surface area contributed by atoms with E-state index >= 15 is 0 Å². The first-order valence-electron chi connectivity index (χ1n) is 8.59. The Kier molecular flexibility index (Phi) is 4.78. The molecule has 2 atom stereocenters. The Morgan fingerprint density at radius 3 is 3.25 bits per heavy atom. The number of aromatic nitrogens is 2. The van der Waals surface area contributed by atoms with E-state index in [1.54, 1.807) is 23.7 Å². The lowest BCUT2D eigenvalue weighted by Gasteiger charge is -2.50. The molecule has 0 aromatic carbocycles. The molecular weight excluding hydrogens is 322 g/mol. The Morgan fingerprint density at radius 1 is 1.42 bits per heavy atom. The molecule has 0 radical (unpaired) electrons. The minimum atomic E-state index is 0.0730. The summed E-state index contributed by atoms with van der Waals surface area (Å²) in [6.45, 7) is 4.58. The maximum Gasteiger partial charge on any atom is 0.137 e. The fraction of sp³-hybridized carbons (Fsp3) is 0.556. The second-order valence-electron chi connectivity index (χ2n) is 6.73. The van der Waals surface area contributed by atoms with Gasteiger partial charge < -0.3 is 9.47 Å². The zero-order valence-electron chi connectivity index (χ0n) is 13.8. The van der Waals surface area contributed by atoms with E-state index in [9.17, 15) is 0 Å². The number of likely N-dealkylation sites (tertiary alicyclic amines) is 1. The lowest BCUT2D eigenvalue weighted by molar-refractivity contribution is -0.140. The van der Waals surface area contributed by atoms with Crippen LogP contribution in [0.15, 0.2) is 36.1 Å². The van der Waals surface area contributed by atoms with Crippen molar-refractivity contribution in [1.29, 1.82) is 0 Å². The molecule has 6 heteroatoms. The van der Waals surface area contributed by atoms with Gasteiger partial charge in [0.05, 0.1) is 25.5 Å². The lowest BCUT2D eigenvalue weighted by atomic mass is 9.73. The molecule has 2 aromatic heterocycles. The SMILES string of the molecule is c1cncc(OC[C@@]23CCCO[C@H]2CCN(Cc2nccs2)C3)c1. The van der Waals surface area contributed by atoms with E-state index in [0.717, 1.165) is 51.3 Å². The third-order valence-electron chi connectivity index (χ3n) is 5.07. The smallest absolute Gasteiger partial charge is 0.137 e. The van der Waals surface area contributed by atoms with Gasteiger partial charge in [-0.15, -0.1) is 11.3 Å². The lowest BCUT2D eigenvalue weighted by Crippen LogP contribution is -2.57. The van der Waals surface area contributed by atoms with Crippen molar-refractivity contribution >= 4 is 11.3 Å². The Hall–Kier alpha value is -1.50. The minimum absolute atomic E-state index is 0.0730. The summed E-state index contributed by atoms with van der Waals surface area (Å²) in [6.07, 6.45) is 9.08. The molecular formula is C18H23N3O2S. The second kappa shape index (κ2) is 7.17. The molecule has 5 nitrogen and oxygen atoms in total. The Bertz CT molecular complexity index is 637. The van der Waals surface area contributed by atoms with Gasteiger partial charge in [0.15, 0.2) is 0 Å². The number of hydrogen-bond donors (Lipinski definition) is 0. The number of thiazole rings is 1. The molecule has 2 aromatic rings. The minimum Gasteiger partial charge on any atom is -0.491 e. The van der Waals surface area contributed by atoms with Crippen LogP contribution in [-0.4, -0.2) is 47.3 Å². The van der Waals surface area contributed by atoms with Crippen LogP contribution in [0, 0.1) is 5.41 Å². The van der Waals surface area contributed by atoms with Crippen molar-refractivity contribution < 1.29 is 9.47 Å². The first kappa shape index (κ1) is 16.0. The number of nitrogens with zero attached hydrogens (tertiary/aromatic N) is 3. The zero-order chi connectivity index (χ0) is 16.2. The molecule has 2 aliphatic rings. The van der Waals surface area contributed by atoms with E-state index in [1.807, 2.05) is 23.7 Å². The molecule has 0 amide bonds. The molecule has 4 heterocycles. The van der Waals surface area contributed by atoms with Gasteiger partial charge in [-0.1, -0.05) is 0 Å². The average molecular weight is 345 g/mol. The van der Waals surface area contributed by atoms with Crippen molar-refractivity contribution in [2.45, 2.75) is 31.9 Å². The molecule has 4 rings (SSSR count). The van der Waals surface area contributed by atoms with E-state index in [4.69, 9.17) is 9.47 Å². The van der Waals surface area contributed by atoms with Gasteiger partial charge in [0.1, 0.15) is 10.8 Å². The van der Waals surface area contributed by atoms with Crippen molar-refractivity contribution in [1.82, 2.24) is 14.9 Å². The number of pyridine rings is 1. The maximum absolute atomic E-state index is 6.12. The topological polar surface area (TPSA) is 47.5 Å². The summed E-state index contributed by atoms with van der Waals surface area (Å²) in [5, 5.41) is 3.24. The van der Waals surface area contributed by atoms with Gasteiger partial charge in [-0.3, -0.25) is 9.88 Å². The zero-order valence-corrected chi connectivity index (χ0v) is 14.6. The fourth-order valence-electron chi connectivity index (χ4n) is 3.91. The third-order valence-corrected chi connectivity index (χ3v) is 5.83. The fourth-order valence-corrected chi connectivity index (χ4v) is 4.57. The largest absolute Gasteiger partial charge is 0.491 e. The molecule has 0 spiro atoms. The quantitative estimate of drug-likeness (QED) is 0.834. The van der Waals surface area contributed by atoms with Crippen LogP contribution >= 0.6 is 11.3 Å². The summed E-state index contributed by atoms with van der Waals surface area (Å²) in [4.78, 5) is 11.1. The van der Waals surface area contributed by atoms with Crippen molar-refractivity contribution in [3.05, 3.63) is 41.1 Å². The molecule has 2 aliphatic heterocycles. The van der Waals surface area contributed by atoms with Crippen LogP contribution in [-0.2, 0) is 11.3 Å². The van der Waals surface area contributed by atoms with Gasteiger partial charge in [0, 0.05) is 42.9 Å². The van der Waals surface area contributed by atoms with E-state index in [1.165, 1.54) is 5.01 Å². The highest BCUT2D eigenvalue weighted by Gasteiger charge is 2.46. The Balaban J connectivity index is 1.47. The average Bonchev–Trinajstić information content (AvgIpc) is 3.14. The summed E-state index contributed by atoms with van der Waals surface area (Å²) in [7, 11) is 0. The standard InChI is InChI=1S/C18H23N3O2S/c1-3-15(11-19-6-1)23-14-18-5-2-9-22-16(18)4-8-21(13-18)12-17-20-7-10-24-17/h1,3,6-7,10-11,16H,2,4-5,8-9,12-14H2/t16-,18-/m0/s1. The molecule has 0 N–H and O–H groups in total. The van der Waals surface area contributed by atoms with E-state index < -0.39 is 0 Å². The molecule has 0 unspecified atom stereocenters.